The molecule has 0 N–H and O–H groups in total. The van der Waals surface area contributed by atoms with Gasteiger partial charge < -0.3 is 14.2 Å². The lowest BCUT2D eigenvalue weighted by atomic mass is 9.92. The molecule has 3 aromatic rings. The lowest BCUT2D eigenvalue weighted by Gasteiger charge is -2.25. The summed E-state index contributed by atoms with van der Waals surface area (Å²) in [6.45, 7) is 3.78. The van der Waals surface area contributed by atoms with Crippen molar-refractivity contribution in [2.24, 2.45) is 0 Å². The van der Waals surface area contributed by atoms with E-state index in [-0.39, 0.29) is 0 Å². The fourth-order valence-electron chi connectivity index (χ4n) is 4.67. The number of benzene rings is 2. The zero-order valence-electron chi connectivity index (χ0n) is 18.1. The summed E-state index contributed by atoms with van der Waals surface area (Å²) in [6, 6.07) is 12.7. The van der Waals surface area contributed by atoms with Gasteiger partial charge in [-0.1, -0.05) is 12.1 Å². The van der Waals surface area contributed by atoms with Gasteiger partial charge in [0.05, 0.1) is 22.9 Å². The summed E-state index contributed by atoms with van der Waals surface area (Å²) in [5.41, 5.74) is 6.35. The highest BCUT2D eigenvalue weighted by Crippen LogP contribution is 2.47. The van der Waals surface area contributed by atoms with Gasteiger partial charge in [-0.3, -0.25) is 0 Å². The van der Waals surface area contributed by atoms with Gasteiger partial charge in [-0.2, -0.15) is 10.5 Å². The molecule has 2 aliphatic rings. The van der Waals surface area contributed by atoms with Crippen LogP contribution in [0.4, 0.5) is 5.69 Å². The Morgan fingerprint density at radius 1 is 1.16 bits per heavy atom. The van der Waals surface area contributed by atoms with Gasteiger partial charge in [-0.15, -0.1) is 0 Å². The quantitative estimate of drug-likeness (QED) is 0.626. The Kier molecular flexibility index (Phi) is 4.68. The van der Waals surface area contributed by atoms with Crippen LogP contribution in [-0.2, 0) is 0 Å². The van der Waals surface area contributed by atoms with Gasteiger partial charge in [0.15, 0.2) is 11.5 Å². The van der Waals surface area contributed by atoms with Gasteiger partial charge in [-0.25, -0.2) is 4.98 Å². The van der Waals surface area contributed by atoms with Crippen LogP contribution in [0.3, 0.4) is 0 Å². The van der Waals surface area contributed by atoms with Crippen molar-refractivity contribution in [1.82, 2.24) is 9.88 Å². The zero-order chi connectivity index (χ0) is 21.7. The summed E-state index contributed by atoms with van der Waals surface area (Å²) in [5.74, 6) is 1.11. The molecule has 5 rings (SSSR count). The average Bonchev–Trinajstić information content (AvgIpc) is 3.33. The molecule has 2 aromatic carbocycles. The standard InChI is InChI=1S/C25H25N5O/c1-15-20(13-27)22-24(31-25(28-22)17-7-8-17)23(30-10-9-19(14-30)29(2)3)21(15)18-6-4-5-16(11-18)12-26/h4-6,11,17,19H,7-10,14H2,1-3H3. The summed E-state index contributed by atoms with van der Waals surface area (Å²) in [5, 5.41) is 19.5. The Labute approximate surface area is 182 Å². The Hall–Kier alpha value is -3.35. The number of aromatic nitrogens is 1. The van der Waals surface area contributed by atoms with E-state index in [0.29, 0.717) is 34.2 Å². The van der Waals surface area contributed by atoms with Crippen LogP contribution in [0.1, 0.15) is 47.8 Å². The van der Waals surface area contributed by atoms with Gasteiger partial charge in [0.2, 0.25) is 0 Å². The molecule has 6 nitrogen and oxygen atoms in total. The molecule has 31 heavy (non-hydrogen) atoms. The number of hydrogen-bond acceptors (Lipinski definition) is 6. The maximum atomic E-state index is 10.0. The molecule has 1 aromatic heterocycles. The number of likely N-dealkylation sites (N-methyl/N-ethyl adjacent to an activating group) is 1. The van der Waals surface area contributed by atoms with Crippen molar-refractivity contribution in [3.05, 3.63) is 46.8 Å². The number of nitriles is 2. The van der Waals surface area contributed by atoms with Crippen molar-refractivity contribution in [1.29, 1.82) is 10.5 Å². The van der Waals surface area contributed by atoms with Crippen molar-refractivity contribution < 1.29 is 4.42 Å². The molecular weight excluding hydrogens is 386 g/mol. The predicted molar refractivity (Wildman–Crippen MR) is 120 cm³/mol. The molecule has 2 fully saturated rings. The molecule has 1 aliphatic heterocycles. The highest BCUT2D eigenvalue weighted by molar-refractivity contribution is 6.02. The van der Waals surface area contributed by atoms with E-state index in [1.165, 1.54) is 0 Å². The minimum absolute atomic E-state index is 0.366. The number of anilines is 1. The second kappa shape index (κ2) is 7.41. The number of nitrogens with zero attached hydrogens (tertiary/aromatic N) is 5. The highest BCUT2D eigenvalue weighted by Gasteiger charge is 2.34. The van der Waals surface area contributed by atoms with Crippen LogP contribution in [0.2, 0.25) is 0 Å². The number of hydrogen-bond donors (Lipinski definition) is 0. The van der Waals surface area contributed by atoms with E-state index in [1.54, 1.807) is 6.07 Å². The van der Waals surface area contributed by atoms with Crippen LogP contribution in [0.5, 0.6) is 0 Å². The van der Waals surface area contributed by atoms with Crippen LogP contribution < -0.4 is 4.90 Å². The van der Waals surface area contributed by atoms with E-state index < -0.39 is 0 Å². The van der Waals surface area contributed by atoms with Gasteiger partial charge >= 0.3 is 0 Å². The van der Waals surface area contributed by atoms with Gasteiger partial charge in [0.1, 0.15) is 11.6 Å². The molecule has 1 unspecified atom stereocenters. The van der Waals surface area contributed by atoms with Crippen molar-refractivity contribution in [3.63, 3.8) is 0 Å². The Balaban J connectivity index is 1.80. The lowest BCUT2D eigenvalue weighted by Crippen LogP contribution is -2.31. The third-order valence-electron chi connectivity index (χ3n) is 6.61. The van der Waals surface area contributed by atoms with E-state index in [9.17, 15) is 10.5 Å². The molecule has 2 heterocycles. The minimum atomic E-state index is 0.366. The molecule has 0 spiro atoms. The predicted octanol–water partition coefficient (Wildman–Crippen LogP) is 4.56. The fourth-order valence-corrected chi connectivity index (χ4v) is 4.67. The van der Waals surface area contributed by atoms with E-state index in [2.05, 4.69) is 36.0 Å². The molecule has 1 saturated carbocycles. The van der Waals surface area contributed by atoms with Crippen LogP contribution in [0.15, 0.2) is 28.7 Å². The first kappa shape index (κ1) is 19.6. The molecular formula is C25H25N5O. The molecule has 1 atom stereocenters. The first-order valence-electron chi connectivity index (χ1n) is 10.8. The second-order valence-electron chi connectivity index (χ2n) is 8.88. The zero-order valence-corrected chi connectivity index (χ0v) is 18.1. The first-order valence-corrected chi connectivity index (χ1v) is 10.8. The summed E-state index contributed by atoms with van der Waals surface area (Å²) in [7, 11) is 4.23. The van der Waals surface area contributed by atoms with Crippen LogP contribution in [0.25, 0.3) is 22.2 Å². The van der Waals surface area contributed by atoms with Crippen LogP contribution in [-0.4, -0.2) is 43.1 Å². The Morgan fingerprint density at radius 3 is 2.61 bits per heavy atom. The average molecular weight is 412 g/mol. The molecule has 156 valence electrons. The minimum Gasteiger partial charge on any atom is -0.438 e. The van der Waals surface area contributed by atoms with E-state index in [1.807, 2.05) is 25.1 Å². The summed E-state index contributed by atoms with van der Waals surface area (Å²) < 4.78 is 6.36. The van der Waals surface area contributed by atoms with Crippen molar-refractivity contribution in [3.8, 4) is 23.3 Å². The van der Waals surface area contributed by atoms with Crippen molar-refractivity contribution in [2.45, 2.75) is 38.1 Å². The maximum Gasteiger partial charge on any atom is 0.198 e. The molecule has 6 heteroatoms. The van der Waals surface area contributed by atoms with E-state index >= 15 is 0 Å². The second-order valence-corrected chi connectivity index (χ2v) is 8.88. The van der Waals surface area contributed by atoms with Gasteiger partial charge in [0, 0.05) is 30.6 Å². The summed E-state index contributed by atoms with van der Waals surface area (Å²) >= 11 is 0. The third-order valence-corrected chi connectivity index (χ3v) is 6.61. The topological polar surface area (TPSA) is 80.1 Å². The molecule has 1 saturated heterocycles. The Morgan fingerprint density at radius 2 is 1.97 bits per heavy atom. The SMILES string of the molecule is Cc1c(-c2cccc(C#N)c2)c(N2CCC(N(C)C)C2)c2oc(C3CC3)nc2c1C#N. The van der Waals surface area contributed by atoms with Crippen LogP contribution in [0, 0.1) is 29.6 Å². The van der Waals surface area contributed by atoms with E-state index in [0.717, 1.165) is 60.6 Å². The number of rotatable bonds is 4. The maximum absolute atomic E-state index is 10.0. The molecule has 0 amide bonds. The summed E-state index contributed by atoms with van der Waals surface area (Å²) in [4.78, 5) is 9.42. The smallest absolute Gasteiger partial charge is 0.198 e. The monoisotopic (exact) mass is 411 g/mol. The largest absolute Gasteiger partial charge is 0.438 e. The summed E-state index contributed by atoms with van der Waals surface area (Å²) in [6.07, 6.45) is 3.24. The number of fused-ring (bicyclic) bond motifs is 1. The Bertz CT molecular complexity index is 1260. The van der Waals surface area contributed by atoms with Crippen LogP contribution >= 0.6 is 0 Å². The normalized spacial score (nSPS) is 18.5. The van der Waals surface area contributed by atoms with Gasteiger partial charge in [0.25, 0.3) is 0 Å². The first-order chi connectivity index (χ1) is 15.0. The van der Waals surface area contributed by atoms with Gasteiger partial charge in [-0.05, 0) is 63.5 Å². The molecule has 0 radical (unpaired) electrons. The highest BCUT2D eigenvalue weighted by atomic mass is 16.4. The number of oxazole rings is 1. The fraction of sp³-hybridized carbons (Fsp3) is 0.400. The van der Waals surface area contributed by atoms with Crippen molar-refractivity contribution >= 4 is 16.8 Å². The van der Waals surface area contributed by atoms with Crippen molar-refractivity contribution in [2.75, 3.05) is 32.1 Å². The molecule has 0 bridgehead atoms. The van der Waals surface area contributed by atoms with E-state index in [4.69, 9.17) is 9.40 Å². The lowest BCUT2D eigenvalue weighted by molar-refractivity contribution is 0.315. The third kappa shape index (κ3) is 3.24. The molecule has 1 aliphatic carbocycles.